The molecule has 0 amide bonds. The summed E-state index contributed by atoms with van der Waals surface area (Å²) in [6.07, 6.45) is 4.96. The van der Waals surface area contributed by atoms with Crippen molar-refractivity contribution in [2.24, 2.45) is 11.8 Å². The molecule has 3 aromatic heterocycles. The molecule has 1 N–H and O–H groups in total. The lowest BCUT2D eigenvalue weighted by atomic mass is 9.98. The molecule has 0 radical (unpaired) electrons. The molecule has 10 nitrogen and oxygen atoms in total. The van der Waals surface area contributed by atoms with E-state index in [2.05, 4.69) is 62.4 Å². The molecular weight excluding hydrogens is 516 g/mol. The van der Waals surface area contributed by atoms with Gasteiger partial charge in [-0.2, -0.15) is 0 Å². The van der Waals surface area contributed by atoms with Crippen LogP contribution in [0.5, 0.6) is 0 Å². The van der Waals surface area contributed by atoms with E-state index in [0.717, 1.165) is 60.2 Å². The lowest BCUT2D eigenvalue weighted by molar-refractivity contribution is 0.468. The third kappa shape index (κ3) is 5.38. The molecule has 0 atom stereocenters. The van der Waals surface area contributed by atoms with Gasteiger partial charge in [-0.15, -0.1) is 5.10 Å². The highest BCUT2D eigenvalue weighted by Crippen LogP contribution is 2.32. The molecule has 2 aromatic carbocycles. The molecule has 0 aliphatic heterocycles. The van der Waals surface area contributed by atoms with E-state index < -0.39 is 0 Å². The van der Waals surface area contributed by atoms with E-state index in [1.807, 2.05) is 32.0 Å². The fraction of sp³-hybridized carbons (Fsp3) is 0.419. The number of nitrogens with one attached hydrogen (secondary N) is 1. The molecule has 212 valence electrons. The minimum Gasteiger partial charge on any atom is -0.318 e. The lowest BCUT2D eigenvalue weighted by Gasteiger charge is -2.14. The predicted molar refractivity (Wildman–Crippen MR) is 159 cm³/mol. The Morgan fingerprint density at radius 2 is 1.73 bits per heavy atom. The number of rotatable bonds is 11. The summed E-state index contributed by atoms with van der Waals surface area (Å²) >= 11 is 0. The van der Waals surface area contributed by atoms with Crippen LogP contribution in [-0.4, -0.2) is 39.3 Å². The summed E-state index contributed by atoms with van der Waals surface area (Å²) in [6, 6.07) is 16.4. The first-order valence-corrected chi connectivity index (χ1v) is 14.6. The van der Waals surface area contributed by atoms with E-state index in [1.54, 1.807) is 4.57 Å². The van der Waals surface area contributed by atoms with Gasteiger partial charge in [0.05, 0.1) is 0 Å². The van der Waals surface area contributed by atoms with Crippen molar-refractivity contribution in [3.8, 4) is 22.5 Å². The van der Waals surface area contributed by atoms with Crippen LogP contribution in [-0.2, 0) is 26.1 Å². The third-order valence-electron chi connectivity index (χ3n) is 7.77. The van der Waals surface area contributed by atoms with Gasteiger partial charge in [0, 0.05) is 31.6 Å². The van der Waals surface area contributed by atoms with Gasteiger partial charge in [-0.25, -0.2) is 14.9 Å². The summed E-state index contributed by atoms with van der Waals surface area (Å²) in [7, 11) is 0. The molecule has 6 rings (SSSR count). The zero-order chi connectivity index (χ0) is 28.5. The van der Waals surface area contributed by atoms with Gasteiger partial charge in [0.15, 0.2) is 17.0 Å². The second-order valence-corrected chi connectivity index (χ2v) is 11.5. The first-order valence-electron chi connectivity index (χ1n) is 14.6. The molecule has 0 saturated heterocycles. The van der Waals surface area contributed by atoms with E-state index in [9.17, 15) is 9.59 Å². The Kier molecular flexibility index (Phi) is 7.38. The van der Waals surface area contributed by atoms with Crippen molar-refractivity contribution in [2.45, 2.75) is 72.5 Å². The van der Waals surface area contributed by atoms with Crippen molar-refractivity contribution in [3.05, 3.63) is 80.8 Å². The van der Waals surface area contributed by atoms with Crippen LogP contribution in [0.2, 0.25) is 0 Å². The van der Waals surface area contributed by atoms with E-state index in [1.165, 1.54) is 4.57 Å². The molecule has 5 aromatic rings. The van der Waals surface area contributed by atoms with E-state index in [-0.39, 0.29) is 17.2 Å². The van der Waals surface area contributed by atoms with Crippen molar-refractivity contribution < 1.29 is 0 Å². The van der Waals surface area contributed by atoms with Gasteiger partial charge in [0.25, 0.3) is 5.56 Å². The summed E-state index contributed by atoms with van der Waals surface area (Å²) in [5, 5.41) is 14.4. The number of imidazole rings is 1. The van der Waals surface area contributed by atoms with Gasteiger partial charge in [0.2, 0.25) is 0 Å². The predicted octanol–water partition coefficient (Wildman–Crippen LogP) is 4.66. The fourth-order valence-electron chi connectivity index (χ4n) is 5.47. The highest BCUT2D eigenvalue weighted by Gasteiger charge is 2.27. The fourth-order valence-corrected chi connectivity index (χ4v) is 5.47. The monoisotopic (exact) mass is 552 g/mol. The van der Waals surface area contributed by atoms with Crippen LogP contribution in [0.1, 0.15) is 57.8 Å². The average molecular weight is 553 g/mol. The first-order chi connectivity index (χ1) is 19.9. The number of unbranched alkanes of at least 4 members (excludes halogenated alkanes) is 1. The van der Waals surface area contributed by atoms with Gasteiger partial charge >= 0.3 is 5.69 Å². The SMILES string of the molecule is CCCCc1nc2c(c(=O)n(CC(C)C)c(=O)n2CC2CC2)n1Cc1ccc(-c2ccccc2-c2nnn[nH]2)cc1. The molecule has 1 saturated carbocycles. The Hall–Kier alpha value is -4.34. The van der Waals surface area contributed by atoms with Gasteiger partial charge in [0.1, 0.15) is 5.82 Å². The van der Waals surface area contributed by atoms with Crippen molar-refractivity contribution in [1.82, 2.24) is 39.3 Å². The number of hydrogen-bond acceptors (Lipinski definition) is 6. The van der Waals surface area contributed by atoms with Crippen LogP contribution in [0.3, 0.4) is 0 Å². The Morgan fingerprint density at radius 3 is 2.39 bits per heavy atom. The summed E-state index contributed by atoms with van der Waals surface area (Å²) < 4.78 is 5.24. The molecule has 0 spiro atoms. The summed E-state index contributed by atoms with van der Waals surface area (Å²) in [6.45, 7) is 7.72. The largest absolute Gasteiger partial charge is 0.332 e. The number of benzene rings is 2. The van der Waals surface area contributed by atoms with Crippen LogP contribution in [0.25, 0.3) is 33.7 Å². The summed E-state index contributed by atoms with van der Waals surface area (Å²) in [5.74, 6) is 2.13. The number of tetrazole rings is 1. The Labute approximate surface area is 238 Å². The Bertz CT molecular complexity index is 1770. The number of H-pyrrole nitrogens is 1. The molecule has 0 bridgehead atoms. The topological polar surface area (TPSA) is 116 Å². The molecule has 41 heavy (non-hydrogen) atoms. The molecule has 10 heteroatoms. The van der Waals surface area contributed by atoms with Crippen LogP contribution < -0.4 is 11.2 Å². The second kappa shape index (κ2) is 11.3. The highest BCUT2D eigenvalue weighted by atomic mass is 16.2. The van der Waals surface area contributed by atoms with Gasteiger partial charge < -0.3 is 4.57 Å². The van der Waals surface area contributed by atoms with E-state index in [4.69, 9.17) is 4.98 Å². The van der Waals surface area contributed by atoms with Crippen LogP contribution >= 0.6 is 0 Å². The van der Waals surface area contributed by atoms with Gasteiger partial charge in [-0.1, -0.05) is 75.7 Å². The van der Waals surface area contributed by atoms with Gasteiger partial charge in [-0.3, -0.25) is 13.9 Å². The number of aromatic amines is 1. The van der Waals surface area contributed by atoms with Crippen LogP contribution in [0.4, 0.5) is 0 Å². The maximum absolute atomic E-state index is 13.9. The molecule has 0 unspecified atom stereocenters. The van der Waals surface area contributed by atoms with Crippen molar-refractivity contribution >= 4 is 11.2 Å². The number of fused-ring (bicyclic) bond motifs is 1. The maximum atomic E-state index is 13.9. The molecule has 1 aliphatic rings. The molecule has 3 heterocycles. The molecule has 1 fully saturated rings. The lowest BCUT2D eigenvalue weighted by Crippen LogP contribution is -2.42. The zero-order valence-electron chi connectivity index (χ0n) is 23.9. The number of aromatic nitrogens is 8. The Morgan fingerprint density at radius 1 is 0.976 bits per heavy atom. The number of aryl methyl sites for hydroxylation is 1. The normalized spacial score (nSPS) is 13.5. The molecular formula is C31H36N8O2. The minimum absolute atomic E-state index is 0.173. The van der Waals surface area contributed by atoms with Crippen LogP contribution in [0.15, 0.2) is 58.1 Å². The van der Waals surface area contributed by atoms with Crippen molar-refractivity contribution in [2.75, 3.05) is 0 Å². The quantitative estimate of drug-likeness (QED) is 0.255. The standard InChI is InChI=1S/C31H36N8O2/c1-4-5-10-26-32-29-27(30(40)39(17-20(2)3)31(41)38(29)19-21-11-12-21)37(26)18-22-13-15-23(16-14-22)24-8-6-7-9-25(24)28-33-35-36-34-28/h6-9,13-16,20-21H,4-5,10-12,17-19H2,1-3H3,(H,33,34,35,36). The van der Waals surface area contributed by atoms with E-state index in [0.29, 0.717) is 42.5 Å². The highest BCUT2D eigenvalue weighted by molar-refractivity contribution is 5.80. The second-order valence-electron chi connectivity index (χ2n) is 11.5. The Balaban J connectivity index is 1.43. The zero-order valence-corrected chi connectivity index (χ0v) is 23.9. The van der Waals surface area contributed by atoms with E-state index >= 15 is 0 Å². The summed E-state index contributed by atoms with van der Waals surface area (Å²) in [5.41, 5.74) is 4.63. The van der Waals surface area contributed by atoms with Crippen LogP contribution in [0, 0.1) is 11.8 Å². The first kappa shape index (κ1) is 26.9. The average Bonchev–Trinajstić information content (AvgIpc) is 3.49. The smallest absolute Gasteiger partial charge is 0.318 e. The summed E-state index contributed by atoms with van der Waals surface area (Å²) in [4.78, 5) is 32.4. The van der Waals surface area contributed by atoms with Crippen molar-refractivity contribution in [1.29, 1.82) is 0 Å². The number of nitrogens with zero attached hydrogens (tertiary/aromatic N) is 7. The number of hydrogen-bond donors (Lipinski definition) is 1. The van der Waals surface area contributed by atoms with Gasteiger partial charge in [-0.05, 0) is 58.2 Å². The molecule has 1 aliphatic carbocycles. The van der Waals surface area contributed by atoms with Crippen molar-refractivity contribution in [3.63, 3.8) is 0 Å². The third-order valence-corrected chi connectivity index (χ3v) is 7.77. The maximum Gasteiger partial charge on any atom is 0.332 e. The minimum atomic E-state index is -0.243.